The Hall–Kier alpha value is -15.1. The Balaban J connectivity index is 0.000000131. The molecule has 0 spiro atoms. The lowest BCUT2D eigenvalue weighted by Crippen LogP contribution is -2.14. The highest BCUT2D eigenvalue weighted by Gasteiger charge is 2.38. The predicted molar refractivity (Wildman–Crippen MR) is 486 cm³/mol. The molecular weight excluding hydrogens is 1440 g/mol. The van der Waals surface area contributed by atoms with E-state index in [-0.39, 0.29) is 10.8 Å². The Labute approximate surface area is 676 Å². The van der Waals surface area contributed by atoms with Crippen LogP contribution in [0.3, 0.4) is 0 Å². The van der Waals surface area contributed by atoms with E-state index >= 15 is 0 Å². The first-order valence-corrected chi connectivity index (χ1v) is 40.4. The lowest BCUT2D eigenvalue weighted by Gasteiger charge is -2.22. The van der Waals surface area contributed by atoms with Crippen molar-refractivity contribution in [3.05, 3.63) is 362 Å². The topological polar surface area (TPSA) is 104 Å². The second kappa shape index (κ2) is 24.7. The van der Waals surface area contributed by atoms with E-state index in [1.165, 1.54) is 66.1 Å². The number of furan rings is 4. The summed E-state index contributed by atoms with van der Waals surface area (Å²) >= 11 is 0. The molecular formula is C110H68N4O4. The van der Waals surface area contributed by atoms with Crippen LogP contribution in [0.15, 0.2) is 358 Å². The molecule has 552 valence electrons. The molecule has 0 saturated heterocycles. The van der Waals surface area contributed by atoms with Gasteiger partial charge in [0.1, 0.15) is 44.7 Å². The van der Waals surface area contributed by atoms with Crippen LogP contribution in [0.5, 0.6) is 0 Å². The molecule has 18 aromatic carbocycles. The number of hydrogen-bond acceptors (Lipinski definition) is 8. The maximum absolute atomic E-state index is 7.17. The number of hydrogen-bond donors (Lipinski definition) is 0. The lowest BCUT2D eigenvalue weighted by molar-refractivity contribution is 0.659. The smallest absolute Gasteiger partial charge is 0.147 e. The Morgan fingerprint density at radius 3 is 1.11 bits per heavy atom. The van der Waals surface area contributed by atoms with Gasteiger partial charge in [-0.05, 0) is 137 Å². The minimum absolute atomic E-state index is 0.0874. The third-order valence-corrected chi connectivity index (χ3v) is 25.8. The predicted octanol–water partition coefficient (Wildman–Crippen LogP) is 30.1. The minimum Gasteiger partial charge on any atom is -0.455 e. The summed E-state index contributed by atoms with van der Waals surface area (Å²) in [7, 11) is 0. The number of nitrogens with zero attached hydrogens (tertiary/aromatic N) is 4. The molecule has 0 atom stereocenters. The van der Waals surface area contributed by atoms with Gasteiger partial charge in [0, 0.05) is 98.1 Å². The van der Waals surface area contributed by atoms with Crippen molar-refractivity contribution in [2.45, 2.75) is 38.5 Å². The normalized spacial score (nSPS) is 13.4. The average molecular weight is 1510 g/mol. The summed E-state index contributed by atoms with van der Waals surface area (Å²) in [5.41, 5.74) is 32.9. The van der Waals surface area contributed by atoms with Crippen molar-refractivity contribution in [3.63, 3.8) is 0 Å². The van der Waals surface area contributed by atoms with Crippen molar-refractivity contribution in [2.75, 3.05) is 0 Å². The highest BCUT2D eigenvalue weighted by molar-refractivity contribution is 6.29. The molecule has 0 aliphatic heterocycles. The number of benzene rings is 18. The Morgan fingerprint density at radius 1 is 0.203 bits per heavy atom. The number of rotatable bonds is 6. The molecule has 2 aliphatic carbocycles. The molecule has 8 nitrogen and oxygen atoms in total. The van der Waals surface area contributed by atoms with Crippen molar-refractivity contribution in [1.82, 2.24) is 19.9 Å². The van der Waals surface area contributed by atoms with Crippen LogP contribution in [0.1, 0.15) is 49.9 Å². The van der Waals surface area contributed by atoms with E-state index in [2.05, 4.69) is 349 Å². The molecule has 24 aromatic rings. The van der Waals surface area contributed by atoms with E-state index < -0.39 is 0 Å². The van der Waals surface area contributed by atoms with Gasteiger partial charge in [0.15, 0.2) is 0 Å². The van der Waals surface area contributed by atoms with Gasteiger partial charge in [-0.3, -0.25) is 9.97 Å². The first-order chi connectivity index (χ1) is 58.0. The van der Waals surface area contributed by atoms with E-state index in [9.17, 15) is 0 Å². The Morgan fingerprint density at radius 2 is 0.568 bits per heavy atom. The first kappa shape index (κ1) is 66.3. The fourth-order valence-corrected chi connectivity index (χ4v) is 20.1. The van der Waals surface area contributed by atoms with Crippen LogP contribution >= 0.6 is 0 Å². The zero-order chi connectivity index (χ0) is 78.0. The zero-order valence-electron chi connectivity index (χ0n) is 64.8. The average Bonchev–Trinajstić information content (AvgIpc) is 1.50. The molecule has 0 saturated carbocycles. The van der Waals surface area contributed by atoms with E-state index in [1.54, 1.807) is 0 Å². The van der Waals surface area contributed by atoms with Crippen molar-refractivity contribution in [3.8, 4) is 89.3 Å². The Kier molecular flexibility index (Phi) is 13.9. The van der Waals surface area contributed by atoms with Crippen molar-refractivity contribution in [2.24, 2.45) is 0 Å². The van der Waals surface area contributed by atoms with E-state index in [1.807, 2.05) is 18.5 Å². The van der Waals surface area contributed by atoms with Crippen LogP contribution in [-0.4, -0.2) is 19.9 Å². The Bertz CT molecular complexity index is 8470. The highest BCUT2D eigenvalue weighted by Crippen LogP contribution is 2.55. The van der Waals surface area contributed by atoms with Crippen molar-refractivity contribution in [1.29, 1.82) is 0 Å². The second-order valence-corrected chi connectivity index (χ2v) is 32.9. The van der Waals surface area contributed by atoms with Gasteiger partial charge in [-0.1, -0.05) is 307 Å². The van der Waals surface area contributed by atoms with Crippen LogP contribution in [0.25, 0.3) is 242 Å². The summed E-state index contributed by atoms with van der Waals surface area (Å²) < 4.78 is 27.6. The summed E-state index contributed by atoms with van der Waals surface area (Å²) in [6.07, 6.45) is 3.81. The molecule has 6 aromatic heterocycles. The second-order valence-electron chi connectivity index (χ2n) is 32.9. The molecule has 6 heterocycles. The maximum atomic E-state index is 7.17. The molecule has 0 radical (unpaired) electrons. The van der Waals surface area contributed by atoms with Crippen LogP contribution in [-0.2, 0) is 10.8 Å². The molecule has 118 heavy (non-hydrogen) atoms. The molecule has 0 N–H and O–H groups in total. The van der Waals surface area contributed by atoms with Gasteiger partial charge in [0.25, 0.3) is 0 Å². The number of aromatic nitrogens is 4. The largest absolute Gasteiger partial charge is 0.455 e. The molecule has 2 aliphatic rings. The maximum Gasteiger partial charge on any atom is 0.147 e. The quantitative estimate of drug-likeness (QED) is 0.152. The number of fused-ring (bicyclic) bond motifs is 32. The molecule has 0 unspecified atom stereocenters. The van der Waals surface area contributed by atoms with Gasteiger partial charge in [-0.25, -0.2) is 9.97 Å². The number of para-hydroxylation sites is 4. The van der Waals surface area contributed by atoms with Crippen LogP contribution < -0.4 is 0 Å². The van der Waals surface area contributed by atoms with Gasteiger partial charge >= 0.3 is 0 Å². The van der Waals surface area contributed by atoms with Gasteiger partial charge in [-0.15, -0.1) is 0 Å². The molecule has 0 fully saturated rings. The summed E-state index contributed by atoms with van der Waals surface area (Å²) in [4.78, 5) is 20.7. The third-order valence-electron chi connectivity index (χ3n) is 25.8. The van der Waals surface area contributed by atoms with Crippen molar-refractivity contribution >= 4 is 153 Å². The van der Waals surface area contributed by atoms with Gasteiger partial charge in [-0.2, -0.15) is 0 Å². The molecule has 26 rings (SSSR count). The SMILES string of the molecule is CC1(C)c2ccccc2-c2ccc(-c3cc4c5ccccc5oc4c4c3oc3c(-c5cccc(-c6cnc7c8ccccc8c8ccccc8c7n6)c5)cccc34)cc21.CC1(C)c2ccccc2-c2ccc(-c3cccc4c3oc3c4ccc4oc5c(-c6cccc(-c7cnc8c9ccccc9c9ccccc9c8n7)c6)cccc5c43)cc21. The third kappa shape index (κ3) is 9.53. The van der Waals surface area contributed by atoms with Crippen LogP contribution in [0.4, 0.5) is 0 Å². The summed E-state index contributed by atoms with van der Waals surface area (Å²) in [5.74, 6) is 0. The summed E-state index contributed by atoms with van der Waals surface area (Å²) in [5, 5.41) is 17.5. The standard InChI is InChI=1S/2C55H34N2O2/c1-55(2)45-23-9-7-17-37(45)38-26-25-32(28-46(38)55)43-29-44-39-18-8-10-24-48(39)58-54(44)49-42-22-12-21-34(52(42)59-53(43)49)31-13-11-14-33(27-31)47-30-56-50-40-19-5-3-15-35(40)36-16-4-6-20-41(36)51(50)57-47;1-55(2)45-23-8-7-16-38(45)39-25-24-32(29-46(39)55)35-19-10-21-42-43-26-27-48-49(54(43)59-52(35)42)44-22-11-20-34(53(44)58-48)31-12-9-13-33(28-31)47-30-56-50-40-17-5-3-14-36(40)37-15-4-6-18-41(37)51(50)57-47/h2*3-30H,1-2H3. The zero-order valence-corrected chi connectivity index (χ0v) is 64.8. The molecule has 0 amide bonds. The highest BCUT2D eigenvalue weighted by atomic mass is 16.4. The van der Waals surface area contributed by atoms with Crippen molar-refractivity contribution < 1.29 is 17.7 Å². The fraction of sp³-hybridized carbons (Fsp3) is 0.0545. The van der Waals surface area contributed by atoms with E-state index in [4.69, 9.17) is 37.6 Å². The van der Waals surface area contributed by atoms with Crippen LogP contribution in [0, 0.1) is 0 Å². The minimum atomic E-state index is -0.129. The summed E-state index contributed by atoms with van der Waals surface area (Å²) in [6, 6.07) is 117. The lowest BCUT2D eigenvalue weighted by atomic mass is 9.81. The van der Waals surface area contributed by atoms with Gasteiger partial charge in [0.2, 0.25) is 0 Å². The summed E-state index contributed by atoms with van der Waals surface area (Å²) in [6.45, 7) is 9.32. The first-order valence-electron chi connectivity index (χ1n) is 40.4. The van der Waals surface area contributed by atoms with Crippen LogP contribution in [0.2, 0.25) is 0 Å². The van der Waals surface area contributed by atoms with E-state index in [0.717, 1.165) is 198 Å². The van der Waals surface area contributed by atoms with Gasteiger partial charge in [0.05, 0.1) is 56.6 Å². The van der Waals surface area contributed by atoms with E-state index in [0.29, 0.717) is 0 Å². The monoisotopic (exact) mass is 1510 g/mol. The van der Waals surface area contributed by atoms with Gasteiger partial charge < -0.3 is 17.7 Å². The molecule has 0 bridgehead atoms. The fourth-order valence-electron chi connectivity index (χ4n) is 20.1. The molecule has 8 heteroatoms.